The monoisotopic (exact) mass is 452 g/mol. The molecule has 0 saturated carbocycles. The summed E-state index contributed by atoms with van der Waals surface area (Å²) in [6.07, 6.45) is 0. The molecule has 2 aromatic heterocycles. The fourth-order valence-electron chi connectivity index (χ4n) is 3.50. The maximum absolute atomic E-state index is 13.8. The van der Waals surface area contributed by atoms with Crippen LogP contribution in [0.25, 0.3) is 23.0 Å². The number of benzene rings is 2. The van der Waals surface area contributed by atoms with Gasteiger partial charge in [0.15, 0.2) is 5.69 Å². The molecule has 2 aromatic carbocycles. The minimum atomic E-state index is -3.29. The number of hydrogen-bond acceptors (Lipinski definition) is 5. The Labute approximate surface area is 190 Å². The number of aliphatic hydroxyl groups is 1. The van der Waals surface area contributed by atoms with Gasteiger partial charge in [0.05, 0.1) is 6.54 Å². The van der Waals surface area contributed by atoms with E-state index in [1.807, 2.05) is 25.1 Å². The van der Waals surface area contributed by atoms with Crippen molar-refractivity contribution >= 4 is 0 Å². The topological polar surface area (TPSA) is 77.0 Å². The molecular formula is C25H26F2N4O2. The third kappa shape index (κ3) is 4.85. The first-order chi connectivity index (χ1) is 15.6. The van der Waals surface area contributed by atoms with Crippen molar-refractivity contribution in [3.63, 3.8) is 0 Å². The molecule has 0 atom stereocenters. The maximum atomic E-state index is 13.8. The van der Waals surface area contributed by atoms with E-state index in [1.54, 1.807) is 16.8 Å². The predicted molar refractivity (Wildman–Crippen MR) is 121 cm³/mol. The van der Waals surface area contributed by atoms with Crippen molar-refractivity contribution in [1.82, 2.24) is 19.9 Å². The minimum Gasteiger partial charge on any atom is -0.390 e. The first-order valence-electron chi connectivity index (χ1n) is 10.6. The summed E-state index contributed by atoms with van der Waals surface area (Å²) in [4.78, 5) is 4.48. The van der Waals surface area contributed by atoms with E-state index in [0.29, 0.717) is 17.1 Å². The molecule has 172 valence electrons. The molecule has 0 aliphatic carbocycles. The summed E-state index contributed by atoms with van der Waals surface area (Å²) in [5.74, 6) is -2.53. The lowest BCUT2D eigenvalue weighted by Gasteiger charge is -2.18. The van der Waals surface area contributed by atoms with Crippen LogP contribution < -0.4 is 0 Å². The van der Waals surface area contributed by atoms with Crippen molar-refractivity contribution in [1.29, 1.82) is 0 Å². The molecule has 0 spiro atoms. The van der Waals surface area contributed by atoms with E-state index in [1.165, 1.54) is 17.7 Å². The average molecular weight is 453 g/mol. The van der Waals surface area contributed by atoms with E-state index >= 15 is 0 Å². The van der Waals surface area contributed by atoms with E-state index in [0.717, 1.165) is 11.3 Å². The van der Waals surface area contributed by atoms with Crippen LogP contribution in [0.1, 0.15) is 43.2 Å². The summed E-state index contributed by atoms with van der Waals surface area (Å²) in [7, 11) is 0. The molecule has 8 heteroatoms. The van der Waals surface area contributed by atoms with Crippen molar-refractivity contribution in [3.8, 4) is 23.0 Å². The van der Waals surface area contributed by atoms with Gasteiger partial charge < -0.3 is 9.63 Å². The summed E-state index contributed by atoms with van der Waals surface area (Å²) in [5, 5.41) is 17.6. The van der Waals surface area contributed by atoms with Crippen LogP contribution in [0.5, 0.6) is 0 Å². The van der Waals surface area contributed by atoms with Crippen LogP contribution in [-0.2, 0) is 17.9 Å². The Bertz CT molecular complexity index is 1250. The molecule has 1 N–H and O–H groups in total. The Balaban J connectivity index is 1.55. The van der Waals surface area contributed by atoms with Gasteiger partial charge in [0, 0.05) is 16.8 Å². The third-order valence-electron chi connectivity index (χ3n) is 5.52. The Morgan fingerprint density at radius 3 is 2.39 bits per heavy atom. The second-order valence-corrected chi connectivity index (χ2v) is 9.14. The zero-order valence-electron chi connectivity index (χ0n) is 19.0. The number of aryl methyl sites for hydroxylation is 1. The number of aromatic nitrogens is 4. The van der Waals surface area contributed by atoms with E-state index in [-0.39, 0.29) is 23.4 Å². The largest absolute Gasteiger partial charge is 0.390 e. The molecule has 0 radical (unpaired) electrons. The van der Waals surface area contributed by atoms with Gasteiger partial charge in [0.2, 0.25) is 5.82 Å². The normalized spacial score (nSPS) is 12.3. The van der Waals surface area contributed by atoms with E-state index in [2.05, 4.69) is 48.1 Å². The highest BCUT2D eigenvalue weighted by Crippen LogP contribution is 2.29. The Morgan fingerprint density at radius 2 is 1.73 bits per heavy atom. The van der Waals surface area contributed by atoms with Crippen molar-refractivity contribution in [2.75, 3.05) is 6.61 Å². The lowest BCUT2D eigenvalue weighted by atomic mass is 9.87. The second-order valence-electron chi connectivity index (χ2n) is 9.14. The van der Waals surface area contributed by atoms with Gasteiger partial charge in [-0.1, -0.05) is 68.4 Å². The molecule has 0 bridgehead atoms. The number of hydrogen-bond donors (Lipinski definition) is 1. The molecular weight excluding hydrogens is 426 g/mol. The molecule has 4 rings (SSSR count). The molecule has 0 amide bonds. The number of rotatable bonds is 6. The standard InChI is InChI=1S/C25H26F2N4O2/c1-16-12-21(29-31(16)14-17-6-5-7-20(13-17)25(26,27)15-32)23-28-22(30-33-23)18-8-10-19(11-9-18)24(2,3)4/h5-13,32H,14-15H2,1-4H3. The number of halogens is 2. The van der Waals surface area contributed by atoms with Crippen molar-refractivity contribution in [2.24, 2.45) is 0 Å². The summed E-state index contributed by atoms with van der Waals surface area (Å²) >= 11 is 0. The molecule has 0 unspecified atom stereocenters. The van der Waals surface area contributed by atoms with Gasteiger partial charge in [-0.2, -0.15) is 18.9 Å². The van der Waals surface area contributed by atoms with Crippen LogP contribution in [0.4, 0.5) is 8.78 Å². The average Bonchev–Trinajstić information content (AvgIpc) is 3.41. The first kappa shape index (κ1) is 22.8. The van der Waals surface area contributed by atoms with E-state index in [9.17, 15) is 8.78 Å². The Hall–Kier alpha value is -3.39. The summed E-state index contributed by atoms with van der Waals surface area (Å²) in [5.41, 5.74) is 3.85. The second kappa shape index (κ2) is 8.51. The Kier molecular flexibility index (Phi) is 5.88. The fourth-order valence-corrected chi connectivity index (χ4v) is 3.50. The van der Waals surface area contributed by atoms with Gasteiger partial charge in [-0.05, 0) is 35.6 Å². The number of nitrogens with zero attached hydrogens (tertiary/aromatic N) is 4. The van der Waals surface area contributed by atoms with Crippen LogP contribution in [0.3, 0.4) is 0 Å². The number of alkyl halides is 2. The number of aliphatic hydroxyl groups excluding tert-OH is 1. The van der Waals surface area contributed by atoms with Crippen LogP contribution >= 0.6 is 0 Å². The highest BCUT2D eigenvalue weighted by molar-refractivity contribution is 5.58. The van der Waals surface area contributed by atoms with Gasteiger partial charge in [-0.15, -0.1) is 0 Å². The summed E-state index contributed by atoms with van der Waals surface area (Å²) < 4.78 is 34.8. The van der Waals surface area contributed by atoms with E-state index in [4.69, 9.17) is 9.63 Å². The van der Waals surface area contributed by atoms with E-state index < -0.39 is 12.5 Å². The molecule has 4 aromatic rings. The van der Waals surface area contributed by atoms with Crippen molar-refractivity contribution < 1.29 is 18.4 Å². The van der Waals surface area contributed by atoms with Crippen LogP contribution in [-0.4, -0.2) is 31.6 Å². The zero-order chi connectivity index (χ0) is 23.8. The lowest BCUT2D eigenvalue weighted by molar-refractivity contribution is -0.0556. The van der Waals surface area contributed by atoms with Crippen LogP contribution in [0.2, 0.25) is 0 Å². The minimum absolute atomic E-state index is 0.0544. The lowest BCUT2D eigenvalue weighted by Crippen LogP contribution is -2.18. The van der Waals surface area contributed by atoms with Crippen LogP contribution in [0, 0.1) is 6.92 Å². The molecule has 0 saturated heterocycles. The third-order valence-corrected chi connectivity index (χ3v) is 5.52. The first-order valence-corrected chi connectivity index (χ1v) is 10.6. The highest BCUT2D eigenvalue weighted by atomic mass is 19.3. The SMILES string of the molecule is Cc1cc(-c2nc(-c3ccc(C(C)(C)C)cc3)no2)nn1Cc1cccc(C(F)(F)CO)c1. The maximum Gasteiger partial charge on any atom is 0.295 e. The van der Waals surface area contributed by atoms with Gasteiger partial charge >= 0.3 is 0 Å². The molecule has 0 aliphatic rings. The zero-order valence-corrected chi connectivity index (χ0v) is 19.0. The van der Waals surface area contributed by atoms with Crippen molar-refractivity contribution in [2.45, 2.75) is 45.6 Å². The predicted octanol–water partition coefficient (Wildman–Crippen LogP) is 5.34. The highest BCUT2D eigenvalue weighted by Gasteiger charge is 2.30. The summed E-state index contributed by atoms with van der Waals surface area (Å²) in [6, 6.07) is 15.8. The summed E-state index contributed by atoms with van der Waals surface area (Å²) in [6.45, 7) is 7.38. The van der Waals surface area contributed by atoms with Gasteiger partial charge in [-0.25, -0.2) is 0 Å². The molecule has 6 nitrogen and oxygen atoms in total. The Morgan fingerprint density at radius 1 is 1.00 bits per heavy atom. The van der Waals surface area contributed by atoms with Crippen molar-refractivity contribution in [3.05, 3.63) is 77.0 Å². The molecule has 2 heterocycles. The van der Waals surface area contributed by atoms with Gasteiger partial charge in [-0.3, -0.25) is 4.68 Å². The van der Waals surface area contributed by atoms with Gasteiger partial charge in [0.1, 0.15) is 6.61 Å². The molecule has 0 fully saturated rings. The smallest absolute Gasteiger partial charge is 0.295 e. The quantitative estimate of drug-likeness (QED) is 0.427. The molecule has 33 heavy (non-hydrogen) atoms. The molecule has 0 aliphatic heterocycles. The van der Waals surface area contributed by atoms with Gasteiger partial charge in [0.25, 0.3) is 11.8 Å². The van der Waals surface area contributed by atoms with Crippen LogP contribution in [0.15, 0.2) is 59.1 Å². The fraction of sp³-hybridized carbons (Fsp3) is 0.320.